The summed E-state index contributed by atoms with van der Waals surface area (Å²) in [6, 6.07) is 16.3. The Morgan fingerprint density at radius 2 is 1.66 bits per heavy atom. The van der Waals surface area contributed by atoms with Crippen LogP contribution in [0.4, 0.5) is 10.1 Å². The summed E-state index contributed by atoms with van der Waals surface area (Å²) in [5.74, 6) is -4.25. The van der Waals surface area contributed by atoms with Gasteiger partial charge in [0.05, 0.1) is 11.1 Å². The van der Waals surface area contributed by atoms with Gasteiger partial charge in [0.1, 0.15) is 11.9 Å². The lowest BCUT2D eigenvalue weighted by Crippen LogP contribution is -2.41. The normalized spacial score (nSPS) is 15.9. The quantitative estimate of drug-likeness (QED) is 0.584. The van der Waals surface area contributed by atoms with Gasteiger partial charge in [-0.2, -0.15) is 0 Å². The predicted octanol–water partition coefficient (Wildman–Crippen LogP) is 4.40. The SMILES string of the molecule is Cc1ccc(C2=C(O)C(=O)N(c3cccc(C(=O)O)c3)C2C(=O)c2ccccc2F)cc1. The van der Waals surface area contributed by atoms with E-state index in [-0.39, 0.29) is 22.4 Å². The molecule has 4 rings (SSSR count). The van der Waals surface area contributed by atoms with Crippen LogP contribution in [0.2, 0.25) is 0 Å². The Hall–Kier alpha value is -4.26. The van der Waals surface area contributed by atoms with Crippen LogP contribution in [0.3, 0.4) is 0 Å². The first-order valence-electron chi connectivity index (χ1n) is 9.75. The molecule has 32 heavy (non-hydrogen) atoms. The topological polar surface area (TPSA) is 94.9 Å². The fourth-order valence-electron chi connectivity index (χ4n) is 3.74. The molecule has 3 aromatic carbocycles. The molecular formula is C25H18FNO5. The van der Waals surface area contributed by atoms with Gasteiger partial charge in [-0.25, -0.2) is 9.18 Å². The molecular weight excluding hydrogens is 413 g/mol. The standard InChI is InChI=1S/C25H18FNO5/c1-14-9-11-15(12-10-14)20-21(22(28)18-7-2-3-8-19(18)26)27(24(30)23(20)29)17-6-4-5-16(13-17)25(31)32/h2-13,21,29H,1H3,(H,31,32). The Bertz CT molecular complexity index is 1280. The van der Waals surface area contributed by atoms with Gasteiger partial charge in [-0.15, -0.1) is 0 Å². The molecule has 0 fully saturated rings. The highest BCUT2D eigenvalue weighted by molar-refractivity contribution is 6.25. The third-order valence-electron chi connectivity index (χ3n) is 5.33. The first-order chi connectivity index (χ1) is 15.3. The number of carbonyl (C=O) groups is 3. The van der Waals surface area contributed by atoms with E-state index >= 15 is 0 Å². The zero-order valence-electron chi connectivity index (χ0n) is 16.9. The van der Waals surface area contributed by atoms with Gasteiger partial charge in [0.15, 0.2) is 11.5 Å². The molecule has 6 nitrogen and oxygen atoms in total. The minimum atomic E-state index is -1.38. The second-order valence-electron chi connectivity index (χ2n) is 7.41. The first kappa shape index (κ1) is 21.0. The number of hydrogen-bond acceptors (Lipinski definition) is 4. The largest absolute Gasteiger partial charge is 0.503 e. The molecule has 1 amide bonds. The zero-order valence-corrected chi connectivity index (χ0v) is 16.9. The summed E-state index contributed by atoms with van der Waals surface area (Å²) >= 11 is 0. The van der Waals surface area contributed by atoms with Crippen LogP contribution in [0.15, 0.2) is 78.6 Å². The van der Waals surface area contributed by atoms with Crippen LogP contribution >= 0.6 is 0 Å². The average Bonchev–Trinajstić information content (AvgIpc) is 3.05. The average molecular weight is 431 g/mol. The maximum absolute atomic E-state index is 14.5. The van der Waals surface area contributed by atoms with Crippen molar-refractivity contribution in [3.63, 3.8) is 0 Å². The van der Waals surface area contributed by atoms with Crippen molar-refractivity contribution in [3.8, 4) is 0 Å². The third-order valence-corrected chi connectivity index (χ3v) is 5.33. The number of Topliss-reactive ketones (excluding diaryl/α,β-unsaturated/α-hetero) is 1. The third kappa shape index (κ3) is 3.54. The smallest absolute Gasteiger partial charge is 0.335 e. The molecule has 1 unspecified atom stereocenters. The van der Waals surface area contributed by atoms with Crippen molar-refractivity contribution in [2.75, 3.05) is 4.90 Å². The lowest BCUT2D eigenvalue weighted by Gasteiger charge is -2.26. The number of aliphatic hydroxyl groups excluding tert-OH is 1. The summed E-state index contributed by atoms with van der Waals surface area (Å²) in [5.41, 5.74) is 1.14. The second-order valence-corrected chi connectivity index (χ2v) is 7.41. The number of hydrogen-bond donors (Lipinski definition) is 2. The van der Waals surface area contributed by atoms with Crippen molar-refractivity contribution >= 4 is 28.9 Å². The minimum absolute atomic E-state index is 0.0315. The number of carboxylic acid groups (broad SMARTS) is 1. The summed E-state index contributed by atoms with van der Waals surface area (Å²) in [5, 5.41) is 20.1. The number of aliphatic hydroxyl groups is 1. The summed E-state index contributed by atoms with van der Waals surface area (Å²) < 4.78 is 14.5. The molecule has 0 saturated carbocycles. The number of benzene rings is 3. The van der Waals surface area contributed by atoms with Crippen LogP contribution in [0, 0.1) is 12.7 Å². The van der Waals surface area contributed by atoms with Crippen LogP contribution in [-0.4, -0.2) is 33.9 Å². The van der Waals surface area contributed by atoms with Crippen LogP contribution < -0.4 is 4.90 Å². The number of aromatic carboxylic acids is 1. The molecule has 3 aromatic rings. The highest BCUT2D eigenvalue weighted by Gasteiger charge is 2.45. The lowest BCUT2D eigenvalue weighted by atomic mass is 9.92. The van der Waals surface area contributed by atoms with E-state index in [2.05, 4.69) is 0 Å². The lowest BCUT2D eigenvalue weighted by molar-refractivity contribution is -0.116. The Balaban J connectivity index is 1.92. The van der Waals surface area contributed by atoms with E-state index in [1.54, 1.807) is 24.3 Å². The van der Waals surface area contributed by atoms with Gasteiger partial charge in [0.2, 0.25) is 0 Å². The van der Waals surface area contributed by atoms with E-state index in [4.69, 9.17) is 0 Å². The van der Waals surface area contributed by atoms with Gasteiger partial charge in [-0.05, 0) is 42.8 Å². The van der Waals surface area contributed by atoms with Crippen molar-refractivity contribution in [1.29, 1.82) is 0 Å². The van der Waals surface area contributed by atoms with Crippen LogP contribution in [0.1, 0.15) is 31.8 Å². The number of carboxylic acids is 1. The molecule has 0 radical (unpaired) electrons. The van der Waals surface area contributed by atoms with Gasteiger partial charge in [0.25, 0.3) is 5.91 Å². The van der Waals surface area contributed by atoms with Crippen molar-refractivity contribution < 1.29 is 29.0 Å². The minimum Gasteiger partial charge on any atom is -0.503 e. The molecule has 1 heterocycles. The van der Waals surface area contributed by atoms with Crippen molar-refractivity contribution in [3.05, 3.63) is 107 Å². The molecule has 1 aliphatic heterocycles. The van der Waals surface area contributed by atoms with E-state index in [1.807, 2.05) is 6.92 Å². The molecule has 1 atom stereocenters. The molecule has 0 saturated heterocycles. The molecule has 7 heteroatoms. The number of carbonyl (C=O) groups excluding carboxylic acids is 2. The molecule has 0 aliphatic carbocycles. The monoisotopic (exact) mass is 431 g/mol. The Morgan fingerprint density at radius 1 is 0.969 bits per heavy atom. The van der Waals surface area contributed by atoms with E-state index < -0.39 is 35.3 Å². The van der Waals surface area contributed by atoms with Gasteiger partial charge >= 0.3 is 5.97 Å². The molecule has 0 aromatic heterocycles. The number of rotatable bonds is 5. The fourth-order valence-corrected chi connectivity index (χ4v) is 3.74. The van der Waals surface area contributed by atoms with E-state index in [1.165, 1.54) is 42.5 Å². The molecule has 2 N–H and O–H groups in total. The molecule has 0 spiro atoms. The van der Waals surface area contributed by atoms with E-state index in [9.17, 15) is 29.0 Å². The van der Waals surface area contributed by atoms with E-state index in [0.717, 1.165) is 16.5 Å². The number of anilines is 1. The molecule has 1 aliphatic rings. The Labute approximate surface area is 182 Å². The summed E-state index contributed by atoms with van der Waals surface area (Å²) in [7, 11) is 0. The van der Waals surface area contributed by atoms with Gasteiger partial charge in [0, 0.05) is 11.3 Å². The van der Waals surface area contributed by atoms with Crippen LogP contribution in [-0.2, 0) is 4.79 Å². The first-order valence-corrected chi connectivity index (χ1v) is 9.75. The summed E-state index contributed by atoms with van der Waals surface area (Å²) in [6.07, 6.45) is 0. The number of ketones is 1. The van der Waals surface area contributed by atoms with E-state index in [0.29, 0.717) is 5.56 Å². The van der Waals surface area contributed by atoms with Gasteiger partial charge in [-0.3, -0.25) is 14.5 Å². The molecule has 160 valence electrons. The predicted molar refractivity (Wildman–Crippen MR) is 116 cm³/mol. The number of halogens is 1. The van der Waals surface area contributed by atoms with Crippen molar-refractivity contribution in [1.82, 2.24) is 0 Å². The number of nitrogens with zero attached hydrogens (tertiary/aromatic N) is 1. The Morgan fingerprint density at radius 3 is 2.31 bits per heavy atom. The molecule has 0 bridgehead atoms. The zero-order chi connectivity index (χ0) is 23.0. The van der Waals surface area contributed by atoms with Crippen molar-refractivity contribution in [2.45, 2.75) is 13.0 Å². The van der Waals surface area contributed by atoms with Crippen LogP contribution in [0.5, 0.6) is 0 Å². The maximum atomic E-state index is 14.5. The summed E-state index contributed by atoms with van der Waals surface area (Å²) in [6.45, 7) is 1.86. The number of aryl methyl sites for hydroxylation is 1. The second kappa shape index (κ2) is 8.11. The highest BCUT2D eigenvalue weighted by atomic mass is 19.1. The maximum Gasteiger partial charge on any atom is 0.335 e. The number of amides is 1. The van der Waals surface area contributed by atoms with Crippen molar-refractivity contribution in [2.24, 2.45) is 0 Å². The van der Waals surface area contributed by atoms with Gasteiger partial charge < -0.3 is 10.2 Å². The fraction of sp³-hybridized carbons (Fsp3) is 0.0800. The van der Waals surface area contributed by atoms with Gasteiger partial charge in [-0.1, -0.05) is 48.0 Å². The van der Waals surface area contributed by atoms with Crippen LogP contribution in [0.25, 0.3) is 5.57 Å². The Kier molecular flexibility index (Phi) is 5.32. The summed E-state index contributed by atoms with van der Waals surface area (Å²) in [4.78, 5) is 39.0. The highest BCUT2D eigenvalue weighted by Crippen LogP contribution is 2.38.